The molecule has 6 N–H and O–H groups in total. The molecule has 0 spiro atoms. The highest BCUT2D eigenvalue weighted by atomic mass is 32.9. The molecule has 0 heterocycles. The maximum Gasteiger partial charge on any atom is 0.0647 e. The Morgan fingerprint density at radius 1 is 0.882 bits per heavy atom. The van der Waals surface area contributed by atoms with Gasteiger partial charge < -0.3 is 43.7 Å². The van der Waals surface area contributed by atoms with Gasteiger partial charge in [-0.15, -0.1) is 0 Å². The maximum absolute atomic E-state index is 9.29. The van der Waals surface area contributed by atoms with Crippen LogP contribution >= 0.6 is 5.69 Å². The van der Waals surface area contributed by atoms with Crippen molar-refractivity contribution < 1.29 is 25.7 Å². The second kappa shape index (κ2) is 36.0. The van der Waals surface area contributed by atoms with Gasteiger partial charge in [0.2, 0.25) is 0 Å². The van der Waals surface area contributed by atoms with Crippen LogP contribution in [-0.2, 0) is 24.1 Å². The molecule has 0 amide bonds. The van der Waals surface area contributed by atoms with E-state index in [0.717, 1.165) is 0 Å². The smallest absolute Gasteiger partial charge is 0.0647 e. The lowest BCUT2D eigenvalue weighted by molar-refractivity contribution is -0.597. The molecule has 0 fully saturated rings. The normalized spacial score (nSPS) is 7.71. The average Bonchev–Trinajstić information content (AvgIpc) is 2.04. The molecule has 17 heavy (non-hydrogen) atoms. The third-order valence-electron chi connectivity index (χ3n) is 0. The average molecular weight is 309 g/mol. The first-order valence-electron chi connectivity index (χ1n) is 5.61. The van der Waals surface area contributed by atoms with Gasteiger partial charge in [0.15, 0.2) is 0 Å². The third kappa shape index (κ3) is 5750. The quantitative estimate of drug-likeness (QED) is 0.317. The van der Waals surface area contributed by atoms with Crippen molar-refractivity contribution in [3.05, 3.63) is 0 Å². The van der Waals surface area contributed by atoms with E-state index in [9.17, 15) is 9.79 Å². The molecule has 0 saturated carbocycles. The molecule has 0 atom stereocenters. The molecular formula is C9H32N3O2PS2. The van der Waals surface area contributed by atoms with E-state index in [0.29, 0.717) is 0 Å². The van der Waals surface area contributed by atoms with Gasteiger partial charge in [-0.3, -0.25) is 0 Å². The predicted octanol–water partition coefficient (Wildman–Crippen LogP) is -3.68. The third-order valence-corrected chi connectivity index (χ3v) is 0. The van der Waals surface area contributed by atoms with Gasteiger partial charge in [0, 0.05) is 0 Å². The first-order valence-corrected chi connectivity index (χ1v) is 9.26. The van der Waals surface area contributed by atoms with Crippen molar-refractivity contribution in [2.45, 2.75) is 20.3 Å². The molecule has 0 saturated heterocycles. The Labute approximate surface area is 118 Å². The van der Waals surface area contributed by atoms with Gasteiger partial charge in [-0.05, 0) is 0 Å². The summed E-state index contributed by atoms with van der Waals surface area (Å²) < 4.78 is 0. The number of quaternary nitrogens is 3. The Morgan fingerprint density at radius 3 is 0.882 bits per heavy atom. The van der Waals surface area contributed by atoms with Crippen LogP contribution in [0.25, 0.3) is 0 Å². The van der Waals surface area contributed by atoms with E-state index in [1.807, 2.05) is 58.2 Å². The lowest BCUT2D eigenvalue weighted by Gasteiger charge is -2.44. The minimum atomic E-state index is -3.72. The minimum Gasteiger partial charge on any atom is -0.850 e. The number of nitrogens with two attached hydrogens (primary N) is 3. The molecule has 0 aliphatic rings. The zero-order valence-electron chi connectivity index (χ0n) is 12.5. The van der Waals surface area contributed by atoms with Crippen molar-refractivity contribution in [2.24, 2.45) is 0 Å². The van der Waals surface area contributed by atoms with Crippen molar-refractivity contribution >= 4 is 29.7 Å². The molecule has 0 aliphatic carbocycles. The van der Waals surface area contributed by atoms with Crippen LogP contribution in [0.1, 0.15) is 20.3 Å². The van der Waals surface area contributed by atoms with Gasteiger partial charge >= 0.3 is 0 Å². The van der Waals surface area contributed by atoms with E-state index in [1.54, 1.807) is 0 Å². The number of rotatable bonds is 0. The molecule has 5 nitrogen and oxygen atoms in total. The van der Waals surface area contributed by atoms with Crippen LogP contribution < -0.4 is 25.7 Å². The Balaban J connectivity index is -0.0000000362. The predicted molar refractivity (Wildman–Crippen MR) is 78.9 cm³/mol. The fraction of sp³-hybridized carbons (Fsp3) is 1.00. The van der Waals surface area contributed by atoms with Gasteiger partial charge in [0.1, 0.15) is 0 Å². The summed E-state index contributed by atoms with van der Waals surface area (Å²) in [5.74, 6) is 0. The van der Waals surface area contributed by atoms with Gasteiger partial charge in [0.25, 0.3) is 0 Å². The molecule has 0 aromatic rings. The summed E-state index contributed by atoms with van der Waals surface area (Å²) in [7, 11) is 12.0. The molecule has 112 valence electrons. The Morgan fingerprint density at radius 2 is 0.882 bits per heavy atom. The maximum atomic E-state index is 9.29. The van der Waals surface area contributed by atoms with Crippen LogP contribution in [0.3, 0.4) is 0 Å². The SMILES string of the molecule is CCC.C[NH2+]C.C[NH2+]C.C[NH2+]C.[O-]P([O-])(=S)[S-]. The highest BCUT2D eigenvalue weighted by Gasteiger charge is 1.36. The van der Waals surface area contributed by atoms with Crippen LogP contribution in [0, 0.1) is 0 Å². The lowest BCUT2D eigenvalue weighted by Crippen LogP contribution is -2.74. The molecule has 0 bridgehead atoms. The van der Waals surface area contributed by atoms with Gasteiger partial charge in [-0.2, -0.15) is 11.8 Å². The second-order valence-electron chi connectivity index (χ2n) is 2.89. The van der Waals surface area contributed by atoms with Crippen molar-refractivity contribution in [3.8, 4) is 0 Å². The van der Waals surface area contributed by atoms with Crippen LogP contribution in [0.5, 0.6) is 0 Å². The highest BCUT2D eigenvalue weighted by Crippen LogP contribution is 2.16. The summed E-state index contributed by atoms with van der Waals surface area (Å²) in [5.41, 5.74) is -3.72. The first-order chi connectivity index (χ1) is 7.66. The van der Waals surface area contributed by atoms with Gasteiger partial charge in [0.05, 0.1) is 42.3 Å². The van der Waals surface area contributed by atoms with Crippen molar-refractivity contribution in [1.29, 1.82) is 0 Å². The Kier molecular flexibility index (Phi) is 64.9. The van der Waals surface area contributed by atoms with Crippen LogP contribution in [0.4, 0.5) is 0 Å². The molecular weight excluding hydrogens is 277 g/mol. The monoisotopic (exact) mass is 309 g/mol. The highest BCUT2D eigenvalue weighted by molar-refractivity contribution is 8.49. The summed E-state index contributed by atoms with van der Waals surface area (Å²) in [6, 6.07) is 0. The second-order valence-corrected chi connectivity index (χ2v) is 7.36. The summed E-state index contributed by atoms with van der Waals surface area (Å²) in [6.45, 7) is 4.25. The van der Waals surface area contributed by atoms with Crippen LogP contribution in [-0.4, -0.2) is 42.3 Å². The summed E-state index contributed by atoms with van der Waals surface area (Å²) in [4.78, 5) is 18.6. The Hall–Kier alpha value is 0.800. The van der Waals surface area contributed by atoms with E-state index < -0.39 is 5.69 Å². The molecule has 0 aliphatic heterocycles. The standard InChI is InChI=1S/C3H8.3C2H7N.H3O2PS2/c4*1-3-2;1-3(2,4)5/h3H2,1-2H3;3*3H,1-2H3;(H3,1,2,4,5). The largest absolute Gasteiger partial charge is 0.850 e. The molecule has 0 aromatic carbocycles. The molecule has 8 heteroatoms. The summed E-state index contributed by atoms with van der Waals surface area (Å²) in [6.07, 6.45) is 1.25. The molecule has 0 rings (SSSR count). The van der Waals surface area contributed by atoms with E-state index >= 15 is 0 Å². The fourth-order valence-electron chi connectivity index (χ4n) is 0. The first kappa shape index (κ1) is 30.7. The van der Waals surface area contributed by atoms with Gasteiger partial charge in [-0.1, -0.05) is 20.3 Å². The van der Waals surface area contributed by atoms with Crippen molar-refractivity contribution in [3.63, 3.8) is 0 Å². The zero-order valence-corrected chi connectivity index (χ0v) is 15.0. The summed E-state index contributed by atoms with van der Waals surface area (Å²) in [5, 5.41) is 6.00. The van der Waals surface area contributed by atoms with Crippen molar-refractivity contribution in [2.75, 3.05) is 42.3 Å². The van der Waals surface area contributed by atoms with E-state index in [4.69, 9.17) is 0 Å². The van der Waals surface area contributed by atoms with Crippen LogP contribution in [0.15, 0.2) is 0 Å². The van der Waals surface area contributed by atoms with Crippen LogP contribution in [0.2, 0.25) is 0 Å². The Bertz CT molecular complexity index is 111. The molecule has 0 radical (unpaired) electrons. The van der Waals surface area contributed by atoms with E-state index in [1.165, 1.54) is 6.42 Å². The van der Waals surface area contributed by atoms with Crippen molar-refractivity contribution in [1.82, 2.24) is 0 Å². The number of hydrogen-bond donors (Lipinski definition) is 3. The topological polar surface area (TPSA) is 96.0 Å². The fourth-order valence-corrected chi connectivity index (χ4v) is 0. The van der Waals surface area contributed by atoms with Gasteiger partial charge in [-0.25, -0.2) is 0 Å². The zero-order chi connectivity index (χ0) is 15.3. The summed E-state index contributed by atoms with van der Waals surface area (Å²) >= 11 is 7.28. The minimum absolute atomic E-state index is 1.25. The van der Waals surface area contributed by atoms with E-state index in [-0.39, 0.29) is 0 Å². The lowest BCUT2D eigenvalue weighted by atomic mass is 10.6. The number of hydrogen-bond acceptors (Lipinski definition) is 4. The molecule has 0 aromatic heterocycles. The van der Waals surface area contributed by atoms with E-state index in [2.05, 4.69) is 37.9 Å². The molecule has 0 unspecified atom stereocenters.